The molecule has 1 aromatic rings. The SMILES string of the molecule is O=C(CC1CCCO1)NCC1CN(c2cc3c(nn2)CCCC3)C1. The van der Waals surface area contributed by atoms with Gasteiger partial charge in [0.05, 0.1) is 18.2 Å². The number of anilines is 1. The fourth-order valence-electron chi connectivity index (χ4n) is 3.86. The van der Waals surface area contributed by atoms with Gasteiger partial charge in [-0.3, -0.25) is 4.79 Å². The van der Waals surface area contributed by atoms with Crippen LogP contribution in [0.4, 0.5) is 5.82 Å². The molecular formula is C18H26N4O2. The van der Waals surface area contributed by atoms with Gasteiger partial charge in [-0.05, 0) is 50.2 Å². The maximum atomic E-state index is 11.9. The normalized spacial score (nSPS) is 23.7. The van der Waals surface area contributed by atoms with Gasteiger partial charge >= 0.3 is 0 Å². The van der Waals surface area contributed by atoms with Gasteiger partial charge < -0.3 is 15.0 Å². The lowest BCUT2D eigenvalue weighted by molar-refractivity contribution is -0.123. The summed E-state index contributed by atoms with van der Waals surface area (Å²) in [6.07, 6.45) is 7.44. The maximum absolute atomic E-state index is 11.9. The summed E-state index contributed by atoms with van der Waals surface area (Å²) in [5.41, 5.74) is 2.56. The van der Waals surface area contributed by atoms with E-state index < -0.39 is 0 Å². The predicted octanol–water partition coefficient (Wildman–Crippen LogP) is 1.48. The number of aromatic nitrogens is 2. The molecule has 0 aromatic carbocycles. The molecular weight excluding hydrogens is 304 g/mol. The summed E-state index contributed by atoms with van der Waals surface area (Å²) in [6, 6.07) is 2.22. The van der Waals surface area contributed by atoms with E-state index in [4.69, 9.17) is 4.74 Å². The van der Waals surface area contributed by atoms with Crippen molar-refractivity contribution in [1.82, 2.24) is 15.5 Å². The van der Waals surface area contributed by atoms with E-state index in [2.05, 4.69) is 26.5 Å². The number of aryl methyl sites for hydroxylation is 2. The zero-order valence-electron chi connectivity index (χ0n) is 14.2. The monoisotopic (exact) mass is 330 g/mol. The van der Waals surface area contributed by atoms with E-state index in [-0.39, 0.29) is 12.0 Å². The molecule has 0 bridgehead atoms. The number of hydrogen-bond donors (Lipinski definition) is 1. The molecule has 3 aliphatic rings. The van der Waals surface area contributed by atoms with E-state index >= 15 is 0 Å². The summed E-state index contributed by atoms with van der Waals surface area (Å²) in [5, 5.41) is 11.8. The molecule has 130 valence electrons. The van der Waals surface area contributed by atoms with Gasteiger partial charge in [0.25, 0.3) is 0 Å². The van der Waals surface area contributed by atoms with Gasteiger partial charge in [0, 0.05) is 32.2 Å². The van der Waals surface area contributed by atoms with Crippen molar-refractivity contribution in [2.45, 2.75) is 51.0 Å². The third kappa shape index (κ3) is 3.53. The molecule has 2 saturated heterocycles. The summed E-state index contributed by atoms with van der Waals surface area (Å²) in [7, 11) is 0. The summed E-state index contributed by atoms with van der Waals surface area (Å²) in [5.74, 6) is 1.63. The third-order valence-corrected chi connectivity index (χ3v) is 5.36. The number of ether oxygens (including phenoxy) is 1. The topological polar surface area (TPSA) is 67.3 Å². The van der Waals surface area contributed by atoms with E-state index in [0.717, 1.165) is 57.7 Å². The van der Waals surface area contributed by atoms with E-state index in [1.54, 1.807) is 0 Å². The van der Waals surface area contributed by atoms with E-state index in [9.17, 15) is 4.79 Å². The molecule has 0 radical (unpaired) electrons. The first-order chi connectivity index (χ1) is 11.8. The molecule has 6 heteroatoms. The van der Waals surface area contributed by atoms with Crippen molar-refractivity contribution >= 4 is 11.7 Å². The number of hydrogen-bond acceptors (Lipinski definition) is 5. The molecule has 4 rings (SSSR count). The van der Waals surface area contributed by atoms with Crippen LogP contribution in [0.3, 0.4) is 0 Å². The average Bonchev–Trinajstić information content (AvgIpc) is 3.06. The molecule has 1 aromatic heterocycles. The van der Waals surface area contributed by atoms with Gasteiger partial charge in [-0.1, -0.05) is 0 Å². The number of amides is 1. The number of rotatable bonds is 5. The van der Waals surface area contributed by atoms with Gasteiger partial charge in [0.15, 0.2) is 5.82 Å². The average molecular weight is 330 g/mol. The highest BCUT2D eigenvalue weighted by Crippen LogP contribution is 2.26. The third-order valence-electron chi connectivity index (χ3n) is 5.36. The lowest BCUT2D eigenvalue weighted by Gasteiger charge is -2.40. The molecule has 6 nitrogen and oxygen atoms in total. The first-order valence-corrected chi connectivity index (χ1v) is 9.26. The molecule has 24 heavy (non-hydrogen) atoms. The van der Waals surface area contributed by atoms with Crippen LogP contribution in [0.2, 0.25) is 0 Å². The largest absolute Gasteiger partial charge is 0.378 e. The van der Waals surface area contributed by atoms with Crippen molar-refractivity contribution in [2.24, 2.45) is 5.92 Å². The van der Waals surface area contributed by atoms with Crippen LogP contribution < -0.4 is 10.2 Å². The Balaban J connectivity index is 1.21. The van der Waals surface area contributed by atoms with Gasteiger partial charge in [0.1, 0.15) is 0 Å². The molecule has 1 atom stereocenters. The van der Waals surface area contributed by atoms with Crippen molar-refractivity contribution in [3.05, 3.63) is 17.3 Å². The quantitative estimate of drug-likeness (QED) is 0.886. The van der Waals surface area contributed by atoms with E-state index in [0.29, 0.717) is 12.3 Å². The van der Waals surface area contributed by atoms with Gasteiger partial charge in [-0.15, -0.1) is 5.10 Å². The van der Waals surface area contributed by atoms with Gasteiger partial charge in [0.2, 0.25) is 5.91 Å². The van der Waals surface area contributed by atoms with Crippen molar-refractivity contribution in [3.8, 4) is 0 Å². The molecule has 1 amide bonds. The van der Waals surface area contributed by atoms with Crippen LogP contribution in [0, 0.1) is 5.92 Å². The Morgan fingerprint density at radius 2 is 2.12 bits per heavy atom. The maximum Gasteiger partial charge on any atom is 0.222 e. The summed E-state index contributed by atoms with van der Waals surface area (Å²) < 4.78 is 5.51. The number of carbonyl (C=O) groups excluding carboxylic acids is 1. The minimum absolute atomic E-state index is 0.119. The van der Waals surface area contributed by atoms with Crippen molar-refractivity contribution in [1.29, 1.82) is 0 Å². The summed E-state index contributed by atoms with van der Waals surface area (Å²) in [6.45, 7) is 3.46. The summed E-state index contributed by atoms with van der Waals surface area (Å²) in [4.78, 5) is 14.2. The first-order valence-electron chi connectivity index (χ1n) is 9.26. The van der Waals surface area contributed by atoms with Crippen LogP contribution in [-0.2, 0) is 22.4 Å². The van der Waals surface area contributed by atoms with Gasteiger partial charge in [-0.25, -0.2) is 0 Å². The second kappa shape index (κ2) is 7.05. The highest BCUT2D eigenvalue weighted by atomic mass is 16.5. The van der Waals surface area contributed by atoms with E-state index in [1.165, 1.54) is 24.1 Å². The fourth-order valence-corrected chi connectivity index (χ4v) is 3.86. The Bertz CT molecular complexity index is 595. The van der Waals surface area contributed by atoms with Crippen molar-refractivity contribution < 1.29 is 9.53 Å². The minimum atomic E-state index is 0.119. The van der Waals surface area contributed by atoms with E-state index in [1.807, 2.05) is 0 Å². The highest BCUT2D eigenvalue weighted by Gasteiger charge is 2.29. The van der Waals surface area contributed by atoms with Crippen LogP contribution in [0.1, 0.15) is 43.4 Å². The number of carbonyl (C=O) groups is 1. The van der Waals surface area contributed by atoms with Crippen molar-refractivity contribution in [3.63, 3.8) is 0 Å². The Morgan fingerprint density at radius 3 is 2.96 bits per heavy atom. The smallest absolute Gasteiger partial charge is 0.222 e. The molecule has 1 N–H and O–H groups in total. The molecule has 2 fully saturated rings. The zero-order chi connectivity index (χ0) is 16.4. The lowest BCUT2D eigenvalue weighted by Crippen LogP contribution is -2.52. The Hall–Kier alpha value is -1.69. The lowest BCUT2D eigenvalue weighted by atomic mass is 9.95. The standard InChI is InChI=1S/C18H26N4O2/c23-18(9-15-5-3-7-24-15)19-10-13-11-22(12-13)17-8-14-4-1-2-6-16(14)20-21-17/h8,13,15H,1-7,9-12H2,(H,19,23). The molecule has 0 saturated carbocycles. The molecule has 1 unspecified atom stereocenters. The molecule has 3 heterocycles. The first kappa shape index (κ1) is 15.8. The van der Waals surface area contributed by atoms with Crippen LogP contribution in [0.25, 0.3) is 0 Å². The summed E-state index contributed by atoms with van der Waals surface area (Å²) >= 11 is 0. The number of nitrogens with one attached hydrogen (secondary N) is 1. The fraction of sp³-hybridized carbons (Fsp3) is 0.722. The predicted molar refractivity (Wildman–Crippen MR) is 91.0 cm³/mol. The highest BCUT2D eigenvalue weighted by molar-refractivity contribution is 5.76. The van der Waals surface area contributed by atoms with Crippen LogP contribution in [0.15, 0.2) is 6.07 Å². The zero-order valence-corrected chi connectivity index (χ0v) is 14.2. The second-order valence-corrected chi connectivity index (χ2v) is 7.30. The number of fused-ring (bicyclic) bond motifs is 1. The Kier molecular flexibility index (Phi) is 4.65. The van der Waals surface area contributed by atoms with Crippen LogP contribution >= 0.6 is 0 Å². The minimum Gasteiger partial charge on any atom is -0.378 e. The number of nitrogens with zero attached hydrogens (tertiary/aromatic N) is 3. The molecule has 1 aliphatic carbocycles. The van der Waals surface area contributed by atoms with Crippen LogP contribution in [-0.4, -0.2) is 48.4 Å². The molecule has 2 aliphatic heterocycles. The second-order valence-electron chi connectivity index (χ2n) is 7.30. The Labute approximate surface area is 143 Å². The van der Waals surface area contributed by atoms with Crippen molar-refractivity contribution in [2.75, 3.05) is 31.1 Å². The van der Waals surface area contributed by atoms with Gasteiger partial charge in [-0.2, -0.15) is 5.10 Å². The Morgan fingerprint density at radius 1 is 1.25 bits per heavy atom. The van der Waals surface area contributed by atoms with Crippen LogP contribution in [0.5, 0.6) is 0 Å². The molecule has 0 spiro atoms.